The number of benzene rings is 2. The number of rotatable bonds is 5. The maximum atomic E-state index is 13.3. The summed E-state index contributed by atoms with van der Waals surface area (Å²) in [5.41, 5.74) is 2.50. The zero-order valence-corrected chi connectivity index (χ0v) is 23.5. The van der Waals surface area contributed by atoms with Gasteiger partial charge in [0.15, 0.2) is 0 Å². The van der Waals surface area contributed by atoms with E-state index in [9.17, 15) is 19.2 Å². The molecule has 40 heavy (non-hydrogen) atoms. The Kier molecular flexibility index (Phi) is 7.91. The molecule has 2 aromatic carbocycles. The quantitative estimate of drug-likeness (QED) is 0.370. The molecule has 0 saturated heterocycles. The highest BCUT2D eigenvalue weighted by atomic mass is 16.7. The summed E-state index contributed by atoms with van der Waals surface area (Å²) in [7, 11) is 0. The molecule has 0 radical (unpaired) electrons. The van der Waals surface area contributed by atoms with Crippen LogP contribution in [0.2, 0.25) is 0 Å². The third-order valence-electron chi connectivity index (χ3n) is 6.02. The molecule has 0 N–H and O–H groups in total. The van der Waals surface area contributed by atoms with Crippen LogP contribution in [0.4, 0.5) is 9.59 Å². The highest BCUT2D eigenvalue weighted by Gasteiger charge is 2.41. The van der Waals surface area contributed by atoms with E-state index in [-0.39, 0.29) is 12.5 Å². The molecule has 10 nitrogen and oxygen atoms in total. The predicted molar refractivity (Wildman–Crippen MR) is 145 cm³/mol. The van der Waals surface area contributed by atoms with Gasteiger partial charge in [0.2, 0.25) is 0 Å². The lowest BCUT2D eigenvalue weighted by Gasteiger charge is -2.34. The molecule has 10 heteroatoms. The van der Waals surface area contributed by atoms with Crippen LogP contribution < -0.4 is 0 Å². The van der Waals surface area contributed by atoms with Gasteiger partial charge in [-0.25, -0.2) is 14.5 Å². The number of nitrogens with zero attached hydrogens (tertiary/aromatic N) is 2. The van der Waals surface area contributed by atoms with Crippen molar-refractivity contribution >= 4 is 24.1 Å². The summed E-state index contributed by atoms with van der Waals surface area (Å²) < 4.78 is 21.4. The van der Waals surface area contributed by atoms with Gasteiger partial charge in [-0.3, -0.25) is 9.59 Å². The van der Waals surface area contributed by atoms with Crippen LogP contribution in [0.3, 0.4) is 0 Å². The first-order chi connectivity index (χ1) is 18.7. The van der Waals surface area contributed by atoms with Crippen LogP contribution in [0.1, 0.15) is 58.6 Å². The van der Waals surface area contributed by atoms with Crippen LogP contribution in [0.15, 0.2) is 60.9 Å². The number of fused-ring (bicyclic) bond motifs is 3. The van der Waals surface area contributed by atoms with E-state index in [0.29, 0.717) is 0 Å². The van der Waals surface area contributed by atoms with Crippen LogP contribution in [0, 0.1) is 0 Å². The molecule has 2 amide bonds. The first kappa shape index (κ1) is 28.7. The summed E-state index contributed by atoms with van der Waals surface area (Å²) in [6.07, 6.45) is -1.35. The minimum absolute atomic E-state index is 0.00777. The molecule has 0 saturated carbocycles. The van der Waals surface area contributed by atoms with Crippen molar-refractivity contribution in [2.24, 2.45) is 0 Å². The van der Waals surface area contributed by atoms with Gasteiger partial charge < -0.3 is 23.8 Å². The molecule has 1 heterocycles. The maximum absolute atomic E-state index is 13.3. The number of ether oxygens (including phenoxy) is 4. The fourth-order valence-electron chi connectivity index (χ4n) is 4.51. The Bertz CT molecular complexity index is 1290. The first-order valence-electron chi connectivity index (χ1n) is 13.0. The van der Waals surface area contributed by atoms with Crippen molar-refractivity contribution in [2.75, 3.05) is 13.2 Å². The van der Waals surface area contributed by atoms with Gasteiger partial charge in [-0.2, -0.15) is 0 Å². The third kappa shape index (κ3) is 6.62. The smallest absolute Gasteiger partial charge is 0.459 e. The van der Waals surface area contributed by atoms with Gasteiger partial charge in [0.05, 0.1) is 0 Å². The third-order valence-corrected chi connectivity index (χ3v) is 6.02. The van der Waals surface area contributed by atoms with Crippen molar-refractivity contribution in [3.05, 3.63) is 72.1 Å². The van der Waals surface area contributed by atoms with Gasteiger partial charge in [0.1, 0.15) is 24.4 Å². The number of esters is 1. The molecular weight excluding hydrogens is 516 g/mol. The zero-order valence-electron chi connectivity index (χ0n) is 23.5. The second-order valence-corrected chi connectivity index (χ2v) is 11.5. The Morgan fingerprint density at radius 1 is 0.800 bits per heavy atom. The largest absolute Gasteiger partial charge is 0.511 e. The fourth-order valence-corrected chi connectivity index (χ4v) is 4.51. The highest BCUT2D eigenvalue weighted by Crippen LogP contribution is 2.44. The monoisotopic (exact) mass is 550 g/mol. The maximum Gasteiger partial charge on any atom is 0.511 e. The number of carbonyl (C=O) groups excluding carboxylic acids is 4. The minimum atomic E-state index is -1.75. The SMILES string of the molecule is CC(C)(C)OC(=O)CN1C=CN(C(=O)OCC2c3ccccc3-c3ccccc32)[C@H](OC(=O)OC(C)(C)C)C1=O. The summed E-state index contributed by atoms with van der Waals surface area (Å²) in [6, 6.07) is 15.8. The number of amides is 2. The Balaban J connectivity index is 1.53. The van der Waals surface area contributed by atoms with Crippen molar-refractivity contribution in [3.63, 3.8) is 0 Å². The molecule has 0 aromatic heterocycles. The molecule has 2 aliphatic rings. The van der Waals surface area contributed by atoms with E-state index in [0.717, 1.165) is 32.1 Å². The van der Waals surface area contributed by atoms with Gasteiger partial charge in [-0.1, -0.05) is 48.5 Å². The zero-order chi connectivity index (χ0) is 29.2. The molecule has 0 unspecified atom stereocenters. The lowest BCUT2D eigenvalue weighted by atomic mass is 9.98. The summed E-state index contributed by atoms with van der Waals surface area (Å²) in [5, 5.41) is 0. The molecule has 0 bridgehead atoms. The Morgan fingerprint density at radius 3 is 1.90 bits per heavy atom. The average Bonchev–Trinajstić information content (AvgIpc) is 3.16. The summed E-state index contributed by atoms with van der Waals surface area (Å²) in [5.74, 6) is -1.72. The molecule has 0 spiro atoms. The second kappa shape index (κ2) is 11.0. The van der Waals surface area contributed by atoms with Crippen molar-refractivity contribution in [2.45, 2.75) is 64.9 Å². The van der Waals surface area contributed by atoms with Crippen LogP contribution in [-0.4, -0.2) is 64.5 Å². The van der Waals surface area contributed by atoms with E-state index in [4.69, 9.17) is 18.9 Å². The molecule has 0 fully saturated rings. The van der Waals surface area contributed by atoms with Gasteiger partial charge in [-0.05, 0) is 63.8 Å². The van der Waals surface area contributed by atoms with E-state index < -0.39 is 48.1 Å². The van der Waals surface area contributed by atoms with Crippen molar-refractivity contribution < 1.29 is 38.1 Å². The van der Waals surface area contributed by atoms with Crippen molar-refractivity contribution in [1.29, 1.82) is 0 Å². The summed E-state index contributed by atoms with van der Waals surface area (Å²) in [6.45, 7) is 9.55. The molecule has 212 valence electrons. The van der Waals surface area contributed by atoms with Crippen molar-refractivity contribution in [1.82, 2.24) is 9.80 Å². The summed E-state index contributed by atoms with van der Waals surface area (Å²) in [4.78, 5) is 53.3. The minimum Gasteiger partial charge on any atom is -0.459 e. The summed E-state index contributed by atoms with van der Waals surface area (Å²) >= 11 is 0. The molecule has 2 aromatic rings. The molecule has 1 atom stereocenters. The Hall–Kier alpha value is -4.34. The lowest BCUT2D eigenvalue weighted by molar-refractivity contribution is -0.162. The molecular formula is C30H34N2O8. The van der Waals surface area contributed by atoms with Crippen molar-refractivity contribution in [3.8, 4) is 11.1 Å². The Morgan fingerprint density at radius 2 is 1.35 bits per heavy atom. The van der Waals surface area contributed by atoms with E-state index in [1.54, 1.807) is 41.5 Å². The number of carbonyl (C=O) groups is 4. The van der Waals surface area contributed by atoms with Gasteiger partial charge in [0.25, 0.3) is 12.1 Å². The topological polar surface area (TPSA) is 112 Å². The number of hydrogen-bond donors (Lipinski definition) is 0. The van der Waals surface area contributed by atoms with E-state index >= 15 is 0 Å². The first-order valence-corrected chi connectivity index (χ1v) is 13.0. The van der Waals surface area contributed by atoms with E-state index in [1.165, 1.54) is 12.4 Å². The highest BCUT2D eigenvalue weighted by molar-refractivity contribution is 5.91. The van der Waals surface area contributed by atoms with E-state index in [1.807, 2.05) is 48.5 Å². The van der Waals surface area contributed by atoms with Gasteiger partial charge in [0, 0.05) is 18.3 Å². The van der Waals surface area contributed by atoms with Crippen LogP contribution >= 0.6 is 0 Å². The van der Waals surface area contributed by atoms with Gasteiger partial charge in [-0.15, -0.1) is 0 Å². The molecule has 4 rings (SSSR count). The van der Waals surface area contributed by atoms with Crippen LogP contribution in [0.25, 0.3) is 11.1 Å². The normalized spacial score (nSPS) is 16.8. The lowest BCUT2D eigenvalue weighted by Crippen LogP contribution is -2.54. The molecule has 1 aliphatic heterocycles. The van der Waals surface area contributed by atoms with Crippen LogP contribution in [-0.2, 0) is 28.5 Å². The second-order valence-electron chi connectivity index (χ2n) is 11.5. The van der Waals surface area contributed by atoms with Gasteiger partial charge >= 0.3 is 18.2 Å². The fraction of sp³-hybridized carbons (Fsp3) is 0.400. The Labute approximate surface area is 233 Å². The average molecular weight is 551 g/mol. The standard InChI is InChI=1S/C30H34N2O8/c1-29(2,3)39-24(33)17-31-15-16-32(26(25(31)34)38-28(36)40-30(4,5)6)27(35)37-18-23-21-13-9-7-11-19(21)20-12-8-10-14-22(20)23/h7-16,23,26H,17-18H2,1-6H3/t26-/m1/s1. The van der Waals surface area contributed by atoms with E-state index in [2.05, 4.69) is 0 Å². The number of hydrogen-bond acceptors (Lipinski definition) is 8. The van der Waals surface area contributed by atoms with Crippen LogP contribution in [0.5, 0.6) is 0 Å². The molecule has 1 aliphatic carbocycles. The predicted octanol–water partition coefficient (Wildman–Crippen LogP) is 5.17.